The summed E-state index contributed by atoms with van der Waals surface area (Å²) in [5.41, 5.74) is 2.30. The highest BCUT2D eigenvalue weighted by Gasteiger charge is 2.11. The van der Waals surface area contributed by atoms with Crippen molar-refractivity contribution in [3.05, 3.63) is 59.1 Å². The lowest BCUT2D eigenvalue weighted by Crippen LogP contribution is -2.22. The van der Waals surface area contributed by atoms with Gasteiger partial charge in [-0.1, -0.05) is 30.3 Å². The molecule has 0 atom stereocenters. The van der Waals surface area contributed by atoms with E-state index in [9.17, 15) is 9.90 Å². The highest BCUT2D eigenvalue weighted by Crippen LogP contribution is 2.32. The summed E-state index contributed by atoms with van der Waals surface area (Å²) in [5, 5.41) is 11.9. The van der Waals surface area contributed by atoms with Gasteiger partial charge in [0.2, 0.25) is 0 Å². The van der Waals surface area contributed by atoms with Gasteiger partial charge in [-0.05, 0) is 43.7 Å². The van der Waals surface area contributed by atoms with Crippen molar-refractivity contribution in [2.75, 3.05) is 0 Å². The average molecular weight is 352 g/mol. The summed E-state index contributed by atoms with van der Waals surface area (Å²) in [6, 6.07) is 15.3. The van der Waals surface area contributed by atoms with Crippen molar-refractivity contribution in [3.8, 4) is 5.75 Å². The number of ether oxygens (including phenoxy) is 1. The fourth-order valence-electron chi connectivity index (χ4n) is 2.50. The van der Waals surface area contributed by atoms with Gasteiger partial charge in [0.25, 0.3) is 0 Å². The lowest BCUT2D eigenvalue weighted by Gasteiger charge is -2.13. The van der Waals surface area contributed by atoms with Crippen LogP contribution in [0.15, 0.2) is 48.5 Å². The minimum atomic E-state index is -1.13. The normalized spacial score (nSPS) is 11.9. The molecule has 5 heteroatoms. The van der Waals surface area contributed by atoms with E-state index in [2.05, 4.69) is 4.98 Å². The van der Waals surface area contributed by atoms with Crippen molar-refractivity contribution >= 4 is 39.2 Å². The number of hydrogen-bond donors (Lipinski definition) is 0. The first-order valence-corrected chi connectivity index (χ1v) is 8.86. The van der Waals surface area contributed by atoms with E-state index in [1.807, 2.05) is 68.5 Å². The number of fused-ring (bicyclic) bond motifs is 1. The zero-order chi connectivity index (χ0) is 17.8. The number of thiazole rings is 1. The van der Waals surface area contributed by atoms with Crippen LogP contribution in [0.1, 0.15) is 30.8 Å². The van der Waals surface area contributed by atoms with Gasteiger partial charge in [-0.3, -0.25) is 0 Å². The van der Waals surface area contributed by atoms with E-state index in [1.165, 1.54) is 11.3 Å². The third kappa shape index (κ3) is 4.25. The predicted molar refractivity (Wildman–Crippen MR) is 99.3 cm³/mol. The van der Waals surface area contributed by atoms with Crippen LogP contribution in [-0.4, -0.2) is 17.1 Å². The van der Waals surface area contributed by atoms with E-state index < -0.39 is 5.97 Å². The number of aliphatic carboxylic acids is 1. The molecule has 0 saturated carbocycles. The zero-order valence-electron chi connectivity index (χ0n) is 14.1. The van der Waals surface area contributed by atoms with Gasteiger partial charge >= 0.3 is 0 Å². The second kappa shape index (κ2) is 7.49. The maximum atomic E-state index is 11.2. The van der Waals surface area contributed by atoms with E-state index in [-0.39, 0.29) is 12.5 Å². The van der Waals surface area contributed by atoms with Crippen LogP contribution in [0.2, 0.25) is 0 Å². The molecular weight excluding hydrogens is 334 g/mol. The minimum Gasteiger partial charge on any atom is -0.550 e. The molecule has 4 nitrogen and oxygen atoms in total. The molecule has 0 unspecified atom stereocenters. The van der Waals surface area contributed by atoms with E-state index in [0.717, 1.165) is 21.5 Å². The number of carbonyl (C=O) groups is 1. The maximum Gasteiger partial charge on any atom is 0.126 e. The molecule has 0 saturated heterocycles. The second-order valence-electron chi connectivity index (χ2n) is 5.91. The SMILES string of the molecule is CC(C)Oc1ccccc1/C=C(\CC(=O)[O-])c1nc2ccccc2s1. The summed E-state index contributed by atoms with van der Waals surface area (Å²) in [6.07, 6.45) is 1.66. The highest BCUT2D eigenvalue weighted by atomic mass is 32.1. The molecule has 0 spiro atoms. The summed E-state index contributed by atoms with van der Waals surface area (Å²) < 4.78 is 6.84. The largest absolute Gasteiger partial charge is 0.550 e. The Kier molecular flexibility index (Phi) is 5.14. The van der Waals surface area contributed by atoms with Crippen LogP contribution in [0, 0.1) is 0 Å². The third-order valence-corrected chi connectivity index (χ3v) is 4.63. The van der Waals surface area contributed by atoms with Gasteiger partial charge in [0.1, 0.15) is 10.8 Å². The number of carbonyl (C=O) groups excluding carboxylic acids is 1. The summed E-state index contributed by atoms with van der Waals surface area (Å²) in [6.45, 7) is 3.91. The van der Waals surface area contributed by atoms with Crippen LogP contribution in [0.25, 0.3) is 21.9 Å². The molecule has 3 aromatic rings. The van der Waals surface area contributed by atoms with Crippen LogP contribution in [0.4, 0.5) is 0 Å². The molecular formula is C20H18NO3S-. The first-order valence-electron chi connectivity index (χ1n) is 8.05. The van der Waals surface area contributed by atoms with Crippen LogP contribution in [0.5, 0.6) is 5.75 Å². The van der Waals surface area contributed by atoms with Crippen molar-refractivity contribution < 1.29 is 14.6 Å². The van der Waals surface area contributed by atoms with E-state index in [4.69, 9.17) is 4.74 Å². The molecule has 1 heterocycles. The van der Waals surface area contributed by atoms with Crippen molar-refractivity contribution in [3.63, 3.8) is 0 Å². The Morgan fingerprint density at radius 2 is 1.92 bits per heavy atom. The molecule has 0 fully saturated rings. The molecule has 0 bridgehead atoms. The molecule has 0 aliphatic carbocycles. The van der Waals surface area contributed by atoms with Gasteiger partial charge in [0.05, 0.1) is 16.3 Å². The number of carboxylic acid groups (broad SMARTS) is 1. The minimum absolute atomic E-state index is 0.0293. The Hall–Kier alpha value is -2.66. The number of carboxylic acids is 1. The summed E-state index contributed by atoms with van der Waals surface area (Å²) in [4.78, 5) is 15.8. The van der Waals surface area contributed by atoms with Crippen molar-refractivity contribution in [2.24, 2.45) is 0 Å². The summed E-state index contributed by atoms with van der Waals surface area (Å²) in [7, 11) is 0. The average Bonchev–Trinajstić information content (AvgIpc) is 2.99. The Labute approximate surface area is 150 Å². The van der Waals surface area contributed by atoms with Crippen molar-refractivity contribution in [2.45, 2.75) is 26.4 Å². The van der Waals surface area contributed by atoms with Gasteiger partial charge in [-0.2, -0.15) is 0 Å². The molecule has 25 heavy (non-hydrogen) atoms. The third-order valence-electron chi connectivity index (χ3n) is 3.51. The van der Waals surface area contributed by atoms with E-state index in [0.29, 0.717) is 10.6 Å². The van der Waals surface area contributed by atoms with Crippen LogP contribution in [0.3, 0.4) is 0 Å². The lowest BCUT2D eigenvalue weighted by molar-refractivity contribution is -0.304. The Bertz CT molecular complexity index is 894. The predicted octanol–water partition coefficient (Wildman–Crippen LogP) is 3.76. The highest BCUT2D eigenvalue weighted by molar-refractivity contribution is 7.19. The molecule has 0 amide bonds. The van der Waals surface area contributed by atoms with Crippen molar-refractivity contribution in [1.29, 1.82) is 0 Å². The Morgan fingerprint density at radius 3 is 2.64 bits per heavy atom. The first kappa shape index (κ1) is 17.2. The van der Waals surface area contributed by atoms with Gasteiger partial charge in [-0.25, -0.2) is 4.98 Å². The smallest absolute Gasteiger partial charge is 0.126 e. The zero-order valence-corrected chi connectivity index (χ0v) is 14.9. The standard InChI is InChI=1S/C20H19NO3S/c1-13(2)24-17-9-5-3-7-14(17)11-15(12-19(22)23)20-21-16-8-4-6-10-18(16)25-20/h3-11,13H,12H2,1-2H3,(H,22,23)/p-1/b15-11+. The van der Waals surface area contributed by atoms with Crippen LogP contribution >= 0.6 is 11.3 Å². The number of benzene rings is 2. The molecule has 0 aliphatic rings. The summed E-state index contributed by atoms with van der Waals surface area (Å²) in [5.74, 6) is -0.415. The van der Waals surface area contributed by atoms with Gasteiger partial charge in [-0.15, -0.1) is 11.3 Å². The quantitative estimate of drug-likeness (QED) is 0.677. The second-order valence-corrected chi connectivity index (χ2v) is 6.94. The molecule has 0 N–H and O–H groups in total. The number of aromatic nitrogens is 1. The number of para-hydroxylation sites is 2. The van der Waals surface area contributed by atoms with Crippen molar-refractivity contribution in [1.82, 2.24) is 4.98 Å². The maximum absolute atomic E-state index is 11.2. The van der Waals surface area contributed by atoms with Crippen LogP contribution < -0.4 is 9.84 Å². The van der Waals surface area contributed by atoms with E-state index >= 15 is 0 Å². The van der Waals surface area contributed by atoms with Crippen LogP contribution in [-0.2, 0) is 4.79 Å². The molecule has 2 aromatic carbocycles. The van der Waals surface area contributed by atoms with Gasteiger partial charge in [0, 0.05) is 18.0 Å². The first-order chi connectivity index (χ1) is 12.0. The molecule has 0 radical (unpaired) electrons. The fourth-order valence-corrected chi connectivity index (χ4v) is 3.48. The number of hydrogen-bond acceptors (Lipinski definition) is 5. The monoisotopic (exact) mass is 352 g/mol. The molecule has 0 aliphatic heterocycles. The number of rotatable bonds is 6. The van der Waals surface area contributed by atoms with Gasteiger partial charge in [0.15, 0.2) is 0 Å². The topological polar surface area (TPSA) is 62.2 Å². The van der Waals surface area contributed by atoms with Gasteiger partial charge < -0.3 is 14.6 Å². The van der Waals surface area contributed by atoms with E-state index in [1.54, 1.807) is 0 Å². The molecule has 128 valence electrons. The molecule has 1 aromatic heterocycles. The fraction of sp³-hybridized carbons (Fsp3) is 0.200. The molecule has 3 rings (SSSR count). The lowest BCUT2D eigenvalue weighted by atomic mass is 10.1. The Morgan fingerprint density at radius 1 is 1.20 bits per heavy atom. The Balaban J connectivity index is 2.07. The summed E-state index contributed by atoms with van der Waals surface area (Å²) >= 11 is 1.48. The number of nitrogens with zero attached hydrogens (tertiary/aromatic N) is 1.